The van der Waals surface area contributed by atoms with Crippen molar-refractivity contribution in [3.8, 4) is 0 Å². The van der Waals surface area contributed by atoms with Crippen LogP contribution in [0.3, 0.4) is 0 Å². The zero-order valence-electron chi connectivity index (χ0n) is 5.39. The van der Waals surface area contributed by atoms with Crippen LogP contribution < -0.4 is 5.32 Å². The molecule has 3 unspecified atom stereocenters. The summed E-state index contributed by atoms with van der Waals surface area (Å²) in [4.78, 5) is 0. The predicted molar refractivity (Wildman–Crippen MR) is 33.1 cm³/mol. The first-order valence-electron chi connectivity index (χ1n) is 3.74. The third kappa shape index (κ3) is 0.383. The molecule has 3 fully saturated rings. The minimum Gasteiger partial charge on any atom is -0.377 e. The van der Waals surface area contributed by atoms with Gasteiger partial charge < -0.3 is 10.1 Å². The molecule has 2 nitrogen and oxygen atoms in total. The summed E-state index contributed by atoms with van der Waals surface area (Å²) in [5, 5.41) is 3.43. The standard InChI is InChI=1S/C7H11NO/c1-6-7(1)4-8-2-5(7)3-9-6/h5-6,8H,1-4H2. The molecule has 1 saturated carbocycles. The van der Waals surface area contributed by atoms with Gasteiger partial charge in [0.1, 0.15) is 0 Å². The molecule has 0 aromatic carbocycles. The van der Waals surface area contributed by atoms with Gasteiger partial charge in [-0.15, -0.1) is 0 Å². The number of hydrogen-bond donors (Lipinski definition) is 1. The van der Waals surface area contributed by atoms with Crippen molar-refractivity contribution in [2.75, 3.05) is 19.7 Å². The molecule has 0 bridgehead atoms. The van der Waals surface area contributed by atoms with E-state index in [1.54, 1.807) is 0 Å². The van der Waals surface area contributed by atoms with Gasteiger partial charge in [0.25, 0.3) is 0 Å². The summed E-state index contributed by atoms with van der Waals surface area (Å²) in [6.07, 6.45) is 1.99. The predicted octanol–water partition coefficient (Wildman–Crippen LogP) is -0.00530. The molecule has 2 aliphatic heterocycles. The Kier molecular flexibility index (Phi) is 0.616. The van der Waals surface area contributed by atoms with Crippen LogP contribution in [-0.4, -0.2) is 25.8 Å². The van der Waals surface area contributed by atoms with Gasteiger partial charge in [0.15, 0.2) is 0 Å². The highest BCUT2D eigenvalue weighted by atomic mass is 16.5. The Morgan fingerprint density at radius 3 is 3.33 bits per heavy atom. The molecular formula is C7H11NO. The summed E-state index contributed by atoms with van der Waals surface area (Å²) in [5.74, 6) is 0.863. The van der Waals surface area contributed by atoms with Crippen LogP contribution in [0.1, 0.15) is 6.42 Å². The fourth-order valence-electron chi connectivity index (χ4n) is 2.41. The van der Waals surface area contributed by atoms with E-state index in [0.717, 1.165) is 12.5 Å². The first kappa shape index (κ1) is 4.69. The molecule has 0 radical (unpaired) electrons. The van der Waals surface area contributed by atoms with Crippen molar-refractivity contribution in [2.24, 2.45) is 11.3 Å². The molecule has 3 aliphatic rings. The number of hydrogen-bond acceptors (Lipinski definition) is 2. The minimum atomic E-state index is 0.639. The molecule has 0 aromatic rings. The lowest BCUT2D eigenvalue weighted by Gasteiger charge is -2.06. The van der Waals surface area contributed by atoms with E-state index in [9.17, 15) is 0 Å². The third-order valence-electron chi connectivity index (χ3n) is 3.20. The van der Waals surface area contributed by atoms with Crippen LogP contribution >= 0.6 is 0 Å². The maximum atomic E-state index is 5.54. The summed E-state index contributed by atoms with van der Waals surface area (Å²) in [7, 11) is 0. The highest BCUT2D eigenvalue weighted by Crippen LogP contribution is 2.60. The Labute approximate surface area is 54.6 Å². The Hall–Kier alpha value is -0.0800. The molecule has 1 aliphatic carbocycles. The van der Waals surface area contributed by atoms with Crippen LogP contribution in [0.25, 0.3) is 0 Å². The van der Waals surface area contributed by atoms with Gasteiger partial charge in [0.05, 0.1) is 12.7 Å². The first-order valence-corrected chi connectivity index (χ1v) is 3.74. The van der Waals surface area contributed by atoms with Crippen molar-refractivity contribution in [3.05, 3.63) is 0 Å². The Morgan fingerprint density at radius 1 is 1.56 bits per heavy atom. The molecular weight excluding hydrogens is 114 g/mol. The molecule has 0 amide bonds. The fraction of sp³-hybridized carbons (Fsp3) is 1.00. The van der Waals surface area contributed by atoms with E-state index < -0.39 is 0 Å². The normalized spacial score (nSPS) is 61.3. The molecule has 2 saturated heterocycles. The lowest BCUT2D eigenvalue weighted by molar-refractivity contribution is 0.138. The third-order valence-corrected chi connectivity index (χ3v) is 3.20. The number of rotatable bonds is 0. The van der Waals surface area contributed by atoms with Gasteiger partial charge in [0, 0.05) is 24.4 Å². The lowest BCUT2D eigenvalue weighted by atomic mass is 9.95. The topological polar surface area (TPSA) is 21.3 Å². The second kappa shape index (κ2) is 1.18. The minimum absolute atomic E-state index is 0.639. The highest BCUT2D eigenvalue weighted by molar-refractivity contribution is 5.16. The molecule has 2 heteroatoms. The second-order valence-corrected chi connectivity index (χ2v) is 3.59. The van der Waals surface area contributed by atoms with E-state index in [4.69, 9.17) is 4.74 Å². The van der Waals surface area contributed by atoms with Crippen molar-refractivity contribution < 1.29 is 4.74 Å². The largest absolute Gasteiger partial charge is 0.377 e. The van der Waals surface area contributed by atoms with Crippen LogP contribution in [0.5, 0.6) is 0 Å². The van der Waals surface area contributed by atoms with Gasteiger partial charge in [0.2, 0.25) is 0 Å². The van der Waals surface area contributed by atoms with Crippen molar-refractivity contribution >= 4 is 0 Å². The molecule has 50 valence electrons. The molecule has 0 aromatic heterocycles. The second-order valence-electron chi connectivity index (χ2n) is 3.59. The quantitative estimate of drug-likeness (QED) is 0.492. The lowest BCUT2D eigenvalue weighted by Crippen LogP contribution is -2.12. The van der Waals surface area contributed by atoms with Gasteiger partial charge >= 0.3 is 0 Å². The zero-order chi connectivity index (χ0) is 5.90. The highest BCUT2D eigenvalue weighted by Gasteiger charge is 2.66. The van der Waals surface area contributed by atoms with E-state index in [1.165, 1.54) is 19.5 Å². The van der Waals surface area contributed by atoms with Crippen LogP contribution in [0.4, 0.5) is 0 Å². The van der Waals surface area contributed by atoms with E-state index in [0.29, 0.717) is 11.5 Å². The number of ether oxygens (including phenoxy) is 1. The Bertz CT molecular complexity index is 157. The summed E-state index contributed by atoms with van der Waals surface area (Å²) in [6.45, 7) is 3.45. The van der Waals surface area contributed by atoms with Crippen molar-refractivity contribution in [1.29, 1.82) is 0 Å². The fourth-order valence-corrected chi connectivity index (χ4v) is 2.41. The van der Waals surface area contributed by atoms with E-state index >= 15 is 0 Å². The smallest absolute Gasteiger partial charge is 0.0655 e. The monoisotopic (exact) mass is 125 g/mol. The van der Waals surface area contributed by atoms with Gasteiger partial charge in [-0.05, 0) is 6.42 Å². The maximum Gasteiger partial charge on any atom is 0.0655 e. The van der Waals surface area contributed by atoms with Crippen molar-refractivity contribution in [1.82, 2.24) is 5.32 Å². The van der Waals surface area contributed by atoms with Gasteiger partial charge in [-0.2, -0.15) is 0 Å². The summed E-state index contributed by atoms with van der Waals surface area (Å²) < 4.78 is 5.54. The molecule has 1 N–H and O–H groups in total. The maximum absolute atomic E-state index is 5.54. The van der Waals surface area contributed by atoms with E-state index in [2.05, 4.69) is 5.32 Å². The molecule has 2 heterocycles. The Morgan fingerprint density at radius 2 is 2.56 bits per heavy atom. The number of nitrogens with one attached hydrogen (secondary N) is 1. The first-order chi connectivity index (χ1) is 4.42. The van der Waals surface area contributed by atoms with Gasteiger partial charge in [-0.25, -0.2) is 0 Å². The van der Waals surface area contributed by atoms with Crippen molar-refractivity contribution in [2.45, 2.75) is 12.5 Å². The average Bonchev–Trinajstić information content (AvgIpc) is 2.30. The molecule has 9 heavy (non-hydrogen) atoms. The van der Waals surface area contributed by atoms with Gasteiger partial charge in [-0.1, -0.05) is 0 Å². The average molecular weight is 125 g/mol. The zero-order valence-corrected chi connectivity index (χ0v) is 5.39. The van der Waals surface area contributed by atoms with E-state index in [-0.39, 0.29) is 0 Å². The van der Waals surface area contributed by atoms with Gasteiger partial charge in [-0.3, -0.25) is 0 Å². The van der Waals surface area contributed by atoms with Crippen LogP contribution in [0.2, 0.25) is 0 Å². The van der Waals surface area contributed by atoms with E-state index in [1.807, 2.05) is 0 Å². The molecule has 3 rings (SSSR count). The van der Waals surface area contributed by atoms with Crippen LogP contribution in [0, 0.1) is 11.3 Å². The SMILES string of the molecule is C1NCC23CC2OCC13. The molecule has 3 atom stereocenters. The van der Waals surface area contributed by atoms with Crippen molar-refractivity contribution in [3.63, 3.8) is 0 Å². The summed E-state index contributed by atoms with van der Waals surface area (Å²) in [5.41, 5.74) is 0.639. The summed E-state index contributed by atoms with van der Waals surface area (Å²) in [6, 6.07) is 0. The Balaban J connectivity index is 1.99. The van der Waals surface area contributed by atoms with Crippen LogP contribution in [0.15, 0.2) is 0 Å². The summed E-state index contributed by atoms with van der Waals surface area (Å²) >= 11 is 0. The molecule has 1 spiro atoms. The van der Waals surface area contributed by atoms with Crippen LogP contribution in [-0.2, 0) is 4.74 Å².